The highest BCUT2D eigenvalue weighted by Gasteiger charge is 2.34. The minimum atomic E-state index is -3.45. The first-order valence-electron chi connectivity index (χ1n) is 8.10. The average Bonchev–Trinajstić information content (AvgIpc) is 3.12. The third-order valence-electron chi connectivity index (χ3n) is 4.52. The molecule has 2 amide bonds. The van der Waals surface area contributed by atoms with Gasteiger partial charge in [0.2, 0.25) is 11.8 Å². The Labute approximate surface area is 145 Å². The number of amides is 2. The van der Waals surface area contributed by atoms with Crippen LogP contribution in [0.25, 0.3) is 0 Å². The molecular formula is C15H21N3O4S2. The summed E-state index contributed by atoms with van der Waals surface area (Å²) in [5.41, 5.74) is 0. The Morgan fingerprint density at radius 3 is 2.67 bits per heavy atom. The van der Waals surface area contributed by atoms with Crippen LogP contribution in [0.3, 0.4) is 0 Å². The second kappa shape index (κ2) is 7.20. The van der Waals surface area contributed by atoms with E-state index in [2.05, 4.69) is 10.6 Å². The van der Waals surface area contributed by atoms with Crippen LogP contribution in [-0.2, 0) is 19.6 Å². The summed E-state index contributed by atoms with van der Waals surface area (Å²) < 4.78 is 26.7. The lowest BCUT2D eigenvalue weighted by Crippen LogP contribution is -2.52. The normalized spacial score (nSPS) is 23.7. The average molecular weight is 371 g/mol. The quantitative estimate of drug-likeness (QED) is 0.808. The number of hydrogen-bond donors (Lipinski definition) is 2. The molecule has 0 spiro atoms. The number of piperidine rings is 2. The van der Waals surface area contributed by atoms with E-state index < -0.39 is 16.1 Å². The van der Waals surface area contributed by atoms with Crippen LogP contribution in [0.4, 0.5) is 0 Å². The first-order valence-corrected chi connectivity index (χ1v) is 10.4. The summed E-state index contributed by atoms with van der Waals surface area (Å²) in [5.74, 6) is -0.521. The van der Waals surface area contributed by atoms with Gasteiger partial charge in [-0.1, -0.05) is 6.07 Å². The maximum atomic E-state index is 12.5. The lowest BCUT2D eigenvalue weighted by atomic mass is 9.96. The highest BCUT2D eigenvalue weighted by molar-refractivity contribution is 7.91. The Morgan fingerprint density at radius 1 is 1.29 bits per heavy atom. The standard InChI is InChI=1S/C15H21N3O4S2/c19-14(17-12-3-1-7-16-15(12)20)11-5-8-18(9-6-11)24(21,22)13-4-2-10-23-13/h2,4,10-12H,1,3,5-9H2,(H,16,20)(H,17,19). The fraction of sp³-hybridized carbons (Fsp3) is 0.600. The zero-order valence-electron chi connectivity index (χ0n) is 13.2. The molecule has 2 aliphatic heterocycles. The Bertz CT molecular complexity index is 694. The second-order valence-corrected chi connectivity index (χ2v) is 9.22. The molecule has 2 N–H and O–H groups in total. The van der Waals surface area contributed by atoms with Crippen molar-refractivity contribution in [2.45, 2.75) is 35.9 Å². The molecule has 0 saturated carbocycles. The summed E-state index contributed by atoms with van der Waals surface area (Å²) in [6.07, 6.45) is 2.47. The van der Waals surface area contributed by atoms with Gasteiger partial charge in [-0.2, -0.15) is 4.31 Å². The lowest BCUT2D eigenvalue weighted by molar-refractivity contribution is -0.132. The Morgan fingerprint density at radius 2 is 2.04 bits per heavy atom. The van der Waals surface area contributed by atoms with Crippen LogP contribution in [-0.4, -0.2) is 50.2 Å². The molecule has 7 nitrogen and oxygen atoms in total. The van der Waals surface area contributed by atoms with Crippen LogP contribution in [0.5, 0.6) is 0 Å². The molecule has 2 aliphatic rings. The van der Waals surface area contributed by atoms with E-state index in [1.807, 2.05) is 0 Å². The monoisotopic (exact) mass is 371 g/mol. The first kappa shape index (κ1) is 17.4. The second-order valence-electron chi connectivity index (χ2n) is 6.10. The minimum Gasteiger partial charge on any atom is -0.354 e. The SMILES string of the molecule is O=C(NC1CCCNC1=O)C1CCN(S(=O)(=O)c2cccs2)CC1. The fourth-order valence-corrected chi connectivity index (χ4v) is 5.71. The number of carbonyl (C=O) groups is 2. The molecule has 2 saturated heterocycles. The third-order valence-corrected chi connectivity index (χ3v) is 7.79. The van der Waals surface area contributed by atoms with Crippen molar-refractivity contribution in [2.75, 3.05) is 19.6 Å². The first-order chi connectivity index (χ1) is 11.5. The van der Waals surface area contributed by atoms with E-state index in [0.29, 0.717) is 43.1 Å². The molecular weight excluding hydrogens is 350 g/mol. The Balaban J connectivity index is 1.55. The van der Waals surface area contributed by atoms with Crippen molar-refractivity contribution in [3.05, 3.63) is 17.5 Å². The van der Waals surface area contributed by atoms with E-state index in [1.54, 1.807) is 17.5 Å². The zero-order valence-corrected chi connectivity index (χ0v) is 14.9. The van der Waals surface area contributed by atoms with E-state index in [9.17, 15) is 18.0 Å². The molecule has 3 rings (SSSR count). The third kappa shape index (κ3) is 3.62. The molecule has 0 aliphatic carbocycles. The van der Waals surface area contributed by atoms with Gasteiger partial charge in [0, 0.05) is 25.6 Å². The summed E-state index contributed by atoms with van der Waals surface area (Å²) in [7, 11) is -3.45. The van der Waals surface area contributed by atoms with Crippen LogP contribution >= 0.6 is 11.3 Å². The summed E-state index contributed by atoms with van der Waals surface area (Å²) >= 11 is 1.20. The van der Waals surface area contributed by atoms with Gasteiger partial charge in [0.05, 0.1) is 0 Å². The summed E-state index contributed by atoms with van der Waals surface area (Å²) in [4.78, 5) is 24.1. The van der Waals surface area contributed by atoms with Crippen LogP contribution in [0.15, 0.2) is 21.7 Å². The number of nitrogens with one attached hydrogen (secondary N) is 2. The van der Waals surface area contributed by atoms with Gasteiger partial charge in [-0.3, -0.25) is 9.59 Å². The summed E-state index contributed by atoms with van der Waals surface area (Å²) in [5, 5.41) is 7.28. The topological polar surface area (TPSA) is 95.6 Å². The van der Waals surface area contributed by atoms with E-state index in [-0.39, 0.29) is 17.7 Å². The predicted molar refractivity (Wildman–Crippen MR) is 90.0 cm³/mol. The van der Waals surface area contributed by atoms with Crippen LogP contribution < -0.4 is 10.6 Å². The molecule has 0 aromatic carbocycles. The van der Waals surface area contributed by atoms with Crippen LogP contribution in [0.2, 0.25) is 0 Å². The Hall–Kier alpha value is -1.45. The number of rotatable bonds is 4. The highest BCUT2D eigenvalue weighted by Crippen LogP contribution is 2.26. The number of nitrogens with zero attached hydrogens (tertiary/aromatic N) is 1. The van der Waals surface area contributed by atoms with Gasteiger partial charge in [0.1, 0.15) is 10.3 Å². The van der Waals surface area contributed by atoms with Crippen molar-refractivity contribution in [2.24, 2.45) is 5.92 Å². The van der Waals surface area contributed by atoms with Gasteiger partial charge in [-0.15, -0.1) is 11.3 Å². The van der Waals surface area contributed by atoms with Gasteiger partial charge < -0.3 is 10.6 Å². The van der Waals surface area contributed by atoms with E-state index in [4.69, 9.17) is 0 Å². The molecule has 132 valence electrons. The smallest absolute Gasteiger partial charge is 0.252 e. The number of sulfonamides is 1. The minimum absolute atomic E-state index is 0.132. The number of thiophene rings is 1. The largest absolute Gasteiger partial charge is 0.354 e. The summed E-state index contributed by atoms with van der Waals surface area (Å²) in [6, 6.07) is 2.85. The van der Waals surface area contributed by atoms with Gasteiger partial charge in [0.15, 0.2) is 0 Å². The molecule has 24 heavy (non-hydrogen) atoms. The molecule has 1 atom stereocenters. The van der Waals surface area contributed by atoms with Gasteiger partial charge >= 0.3 is 0 Å². The van der Waals surface area contributed by atoms with Crippen molar-refractivity contribution < 1.29 is 18.0 Å². The van der Waals surface area contributed by atoms with Gasteiger partial charge in [-0.25, -0.2) is 8.42 Å². The molecule has 1 aromatic heterocycles. The maximum absolute atomic E-state index is 12.5. The lowest BCUT2D eigenvalue weighted by Gasteiger charge is -2.31. The van der Waals surface area contributed by atoms with Crippen molar-refractivity contribution in [1.29, 1.82) is 0 Å². The van der Waals surface area contributed by atoms with Crippen molar-refractivity contribution in [3.8, 4) is 0 Å². The van der Waals surface area contributed by atoms with E-state index in [0.717, 1.165) is 6.42 Å². The molecule has 1 unspecified atom stereocenters. The molecule has 2 fully saturated rings. The fourth-order valence-electron chi connectivity index (χ4n) is 3.10. The van der Waals surface area contributed by atoms with E-state index >= 15 is 0 Å². The Kier molecular flexibility index (Phi) is 5.21. The van der Waals surface area contributed by atoms with Gasteiger partial charge in [0.25, 0.3) is 10.0 Å². The van der Waals surface area contributed by atoms with Crippen molar-refractivity contribution in [3.63, 3.8) is 0 Å². The van der Waals surface area contributed by atoms with E-state index in [1.165, 1.54) is 15.6 Å². The molecule has 0 radical (unpaired) electrons. The molecule has 0 bridgehead atoms. The number of hydrogen-bond acceptors (Lipinski definition) is 5. The van der Waals surface area contributed by atoms with Crippen molar-refractivity contribution in [1.82, 2.24) is 14.9 Å². The number of carbonyl (C=O) groups excluding carboxylic acids is 2. The maximum Gasteiger partial charge on any atom is 0.252 e. The zero-order chi connectivity index (χ0) is 17.2. The van der Waals surface area contributed by atoms with Crippen LogP contribution in [0, 0.1) is 5.92 Å². The molecule has 9 heteroatoms. The van der Waals surface area contributed by atoms with Crippen LogP contribution in [0.1, 0.15) is 25.7 Å². The summed E-state index contributed by atoms with van der Waals surface area (Å²) in [6.45, 7) is 1.31. The molecule has 1 aromatic rings. The van der Waals surface area contributed by atoms with Crippen molar-refractivity contribution >= 4 is 33.2 Å². The highest BCUT2D eigenvalue weighted by atomic mass is 32.2. The predicted octanol–water partition coefficient (Wildman–Crippen LogP) is 0.544. The molecule has 3 heterocycles. The van der Waals surface area contributed by atoms with Gasteiger partial charge in [-0.05, 0) is 37.1 Å².